The molecule has 0 aromatic heterocycles. The third-order valence-electron chi connectivity index (χ3n) is 2.87. The van der Waals surface area contributed by atoms with Crippen LogP contribution >= 0.6 is 0 Å². The summed E-state index contributed by atoms with van der Waals surface area (Å²) in [6, 6.07) is 0. The van der Waals surface area contributed by atoms with E-state index < -0.39 is 11.9 Å². The number of hydrogen-bond acceptors (Lipinski definition) is 4. The van der Waals surface area contributed by atoms with E-state index in [1.54, 1.807) is 0 Å². The zero-order valence-corrected chi connectivity index (χ0v) is 9.97. The maximum Gasteiger partial charge on any atom is 0.317 e. The molecule has 0 aromatic rings. The maximum atomic E-state index is 10.6. The van der Waals surface area contributed by atoms with Crippen LogP contribution in [0, 0.1) is 0 Å². The number of rotatable bonds is 8. The fraction of sp³-hybridized carbons (Fsp3) is 0.818. The largest absolute Gasteiger partial charge is 0.480 e. The van der Waals surface area contributed by atoms with Crippen molar-refractivity contribution in [2.24, 2.45) is 0 Å². The maximum absolute atomic E-state index is 10.6. The average Bonchev–Trinajstić information content (AvgIpc) is 2.68. The fourth-order valence-corrected chi connectivity index (χ4v) is 2.12. The van der Waals surface area contributed by atoms with Gasteiger partial charge in [-0.1, -0.05) is 0 Å². The Morgan fingerprint density at radius 3 is 2.06 bits per heavy atom. The van der Waals surface area contributed by atoms with Crippen LogP contribution in [0.25, 0.3) is 0 Å². The number of aliphatic carboxylic acids is 2. The highest BCUT2D eigenvalue weighted by molar-refractivity contribution is 5.72. The Hall–Kier alpha value is -1.14. The van der Waals surface area contributed by atoms with Crippen molar-refractivity contribution < 1.29 is 19.8 Å². The molecular weight excluding hydrogens is 224 g/mol. The molecule has 6 heteroatoms. The van der Waals surface area contributed by atoms with Crippen molar-refractivity contribution in [3.63, 3.8) is 0 Å². The summed E-state index contributed by atoms with van der Waals surface area (Å²) in [6.07, 6.45) is 3.28. The van der Waals surface area contributed by atoms with E-state index in [4.69, 9.17) is 10.2 Å². The number of carbonyl (C=O) groups is 2. The van der Waals surface area contributed by atoms with Gasteiger partial charge in [0.2, 0.25) is 0 Å². The van der Waals surface area contributed by atoms with Crippen LogP contribution in [0.4, 0.5) is 0 Å². The van der Waals surface area contributed by atoms with Gasteiger partial charge in [-0.25, -0.2) is 0 Å². The minimum Gasteiger partial charge on any atom is -0.480 e. The Morgan fingerprint density at radius 1 is 1.06 bits per heavy atom. The number of likely N-dealkylation sites (tertiary alicyclic amines) is 1. The lowest BCUT2D eigenvalue weighted by Crippen LogP contribution is -2.36. The first kappa shape index (κ1) is 13.9. The van der Waals surface area contributed by atoms with Crippen molar-refractivity contribution in [1.29, 1.82) is 0 Å². The predicted molar refractivity (Wildman–Crippen MR) is 62.0 cm³/mol. The predicted octanol–water partition coefficient (Wildman–Crippen LogP) is -0.0565. The zero-order chi connectivity index (χ0) is 12.7. The summed E-state index contributed by atoms with van der Waals surface area (Å²) in [5.74, 6) is -1.96. The van der Waals surface area contributed by atoms with E-state index >= 15 is 0 Å². The van der Waals surface area contributed by atoms with Crippen molar-refractivity contribution in [3.8, 4) is 0 Å². The second-order valence-electron chi connectivity index (χ2n) is 4.40. The van der Waals surface area contributed by atoms with Gasteiger partial charge in [-0.2, -0.15) is 0 Å². The third-order valence-corrected chi connectivity index (χ3v) is 2.87. The van der Waals surface area contributed by atoms with Crippen LogP contribution in [0.2, 0.25) is 0 Å². The molecule has 0 bridgehead atoms. The molecule has 0 amide bonds. The molecule has 0 atom stereocenters. The van der Waals surface area contributed by atoms with E-state index in [1.807, 2.05) is 0 Å². The minimum absolute atomic E-state index is 0.202. The lowest BCUT2D eigenvalue weighted by Gasteiger charge is -2.20. The lowest BCUT2D eigenvalue weighted by molar-refractivity contribution is -0.141. The van der Waals surface area contributed by atoms with Gasteiger partial charge in [0.1, 0.15) is 0 Å². The topological polar surface area (TPSA) is 81.1 Å². The Morgan fingerprint density at radius 2 is 1.59 bits per heavy atom. The van der Waals surface area contributed by atoms with E-state index in [-0.39, 0.29) is 13.1 Å². The molecule has 1 rings (SSSR count). The van der Waals surface area contributed by atoms with Crippen molar-refractivity contribution in [1.82, 2.24) is 9.80 Å². The van der Waals surface area contributed by atoms with Crippen LogP contribution in [0.15, 0.2) is 0 Å². The van der Waals surface area contributed by atoms with E-state index in [0.29, 0.717) is 6.54 Å². The molecule has 1 aliphatic heterocycles. The number of hydrogen-bond donors (Lipinski definition) is 2. The normalized spacial score (nSPS) is 16.5. The molecule has 1 aliphatic rings. The highest BCUT2D eigenvalue weighted by atomic mass is 16.4. The van der Waals surface area contributed by atoms with Gasteiger partial charge >= 0.3 is 11.9 Å². The monoisotopic (exact) mass is 244 g/mol. The van der Waals surface area contributed by atoms with Crippen LogP contribution in [0.1, 0.15) is 19.3 Å². The molecule has 6 nitrogen and oxygen atoms in total. The van der Waals surface area contributed by atoms with Crippen LogP contribution in [0.5, 0.6) is 0 Å². The molecule has 0 unspecified atom stereocenters. The van der Waals surface area contributed by atoms with Crippen molar-refractivity contribution >= 4 is 11.9 Å². The first-order valence-corrected chi connectivity index (χ1v) is 5.96. The summed E-state index contributed by atoms with van der Waals surface area (Å²) in [6.45, 7) is 3.26. The van der Waals surface area contributed by atoms with E-state index in [2.05, 4.69) is 4.90 Å². The Labute approximate surface area is 101 Å². The highest BCUT2D eigenvalue weighted by Crippen LogP contribution is 2.07. The van der Waals surface area contributed by atoms with Crippen LogP contribution in [-0.2, 0) is 9.59 Å². The van der Waals surface area contributed by atoms with Gasteiger partial charge in [0.05, 0.1) is 13.1 Å². The molecule has 0 saturated carbocycles. The summed E-state index contributed by atoms with van der Waals surface area (Å²) >= 11 is 0. The summed E-state index contributed by atoms with van der Waals surface area (Å²) in [4.78, 5) is 24.9. The molecule has 1 fully saturated rings. The van der Waals surface area contributed by atoms with Crippen molar-refractivity contribution in [2.45, 2.75) is 19.3 Å². The zero-order valence-electron chi connectivity index (χ0n) is 9.97. The van der Waals surface area contributed by atoms with E-state index in [1.165, 1.54) is 17.7 Å². The van der Waals surface area contributed by atoms with Gasteiger partial charge in [-0.3, -0.25) is 14.5 Å². The van der Waals surface area contributed by atoms with Gasteiger partial charge in [0, 0.05) is 6.54 Å². The SMILES string of the molecule is O=C(O)CN(CCCN1CCCC1)CC(=O)O. The second kappa shape index (κ2) is 7.24. The average molecular weight is 244 g/mol. The molecule has 0 aromatic carbocycles. The quantitative estimate of drug-likeness (QED) is 0.623. The van der Waals surface area contributed by atoms with Gasteiger partial charge in [0.15, 0.2) is 0 Å². The van der Waals surface area contributed by atoms with E-state index in [0.717, 1.165) is 26.1 Å². The van der Waals surface area contributed by atoms with E-state index in [9.17, 15) is 9.59 Å². The Kier molecular flexibility index (Phi) is 5.93. The molecule has 1 heterocycles. The first-order valence-electron chi connectivity index (χ1n) is 5.96. The standard InChI is InChI=1S/C11H20N2O4/c14-10(15)8-13(9-11(16)17)7-3-6-12-4-1-2-5-12/h1-9H2,(H,14,15)(H,16,17). The second-order valence-corrected chi connectivity index (χ2v) is 4.40. The summed E-state index contributed by atoms with van der Waals surface area (Å²) < 4.78 is 0. The highest BCUT2D eigenvalue weighted by Gasteiger charge is 2.15. The third kappa shape index (κ3) is 6.23. The molecule has 98 valence electrons. The Bertz CT molecular complexity index is 248. The molecule has 0 spiro atoms. The molecular formula is C11H20N2O4. The summed E-state index contributed by atoms with van der Waals surface area (Å²) in [5.41, 5.74) is 0. The molecule has 0 aliphatic carbocycles. The van der Waals surface area contributed by atoms with Gasteiger partial charge in [-0.05, 0) is 38.9 Å². The van der Waals surface area contributed by atoms with Crippen LogP contribution < -0.4 is 0 Å². The number of carboxylic acids is 2. The summed E-state index contributed by atoms with van der Waals surface area (Å²) in [7, 11) is 0. The van der Waals surface area contributed by atoms with Crippen molar-refractivity contribution in [2.75, 3.05) is 39.3 Å². The Balaban J connectivity index is 2.21. The molecule has 1 saturated heterocycles. The smallest absolute Gasteiger partial charge is 0.317 e. The number of nitrogens with zero attached hydrogens (tertiary/aromatic N) is 2. The fourth-order valence-electron chi connectivity index (χ4n) is 2.12. The molecule has 0 radical (unpaired) electrons. The van der Waals surface area contributed by atoms with Gasteiger partial charge in [0.25, 0.3) is 0 Å². The molecule has 2 N–H and O–H groups in total. The van der Waals surface area contributed by atoms with Crippen molar-refractivity contribution in [3.05, 3.63) is 0 Å². The summed E-state index contributed by atoms with van der Waals surface area (Å²) in [5, 5.41) is 17.3. The van der Waals surface area contributed by atoms with Crippen LogP contribution in [-0.4, -0.2) is 71.2 Å². The van der Waals surface area contributed by atoms with Gasteiger partial charge < -0.3 is 15.1 Å². The van der Waals surface area contributed by atoms with Gasteiger partial charge in [-0.15, -0.1) is 0 Å². The molecule has 17 heavy (non-hydrogen) atoms. The lowest BCUT2D eigenvalue weighted by atomic mass is 10.3. The number of carboxylic acid groups (broad SMARTS) is 2. The van der Waals surface area contributed by atoms with Crippen LogP contribution in [0.3, 0.4) is 0 Å². The first-order chi connectivity index (χ1) is 8.08. The minimum atomic E-state index is -0.979.